The van der Waals surface area contributed by atoms with Gasteiger partial charge < -0.3 is 20.5 Å². The Morgan fingerprint density at radius 3 is 2.56 bits per heavy atom. The van der Waals surface area contributed by atoms with E-state index in [1.165, 1.54) is 40.2 Å². The van der Waals surface area contributed by atoms with Crippen LogP contribution in [0.2, 0.25) is 10.0 Å². The fourth-order valence-corrected chi connectivity index (χ4v) is 8.20. The van der Waals surface area contributed by atoms with Gasteiger partial charge in [-0.1, -0.05) is 23.2 Å². The second kappa shape index (κ2) is 15.8. The SMILES string of the molecule is CC(C)(C)OC(=O)NCCCC[n+]1ccc(SCC2=C(C(=O)O)N3C(=O)[C@H](NC(=O)CSc4cc(Cl)ccc4Cl)[C@H]3SC2)cc1. The number of carbonyl (C=O) groups is 4. The zero-order valence-electron chi connectivity index (χ0n) is 25.0. The van der Waals surface area contributed by atoms with Gasteiger partial charge in [-0.15, -0.1) is 35.3 Å². The molecule has 3 amide bonds. The number of hydrogen-bond acceptors (Lipinski definition) is 8. The molecule has 0 aliphatic carbocycles. The summed E-state index contributed by atoms with van der Waals surface area (Å²) in [6.45, 7) is 6.80. The third-order valence-electron chi connectivity index (χ3n) is 6.60. The van der Waals surface area contributed by atoms with Crippen LogP contribution in [-0.4, -0.2) is 74.7 Å². The summed E-state index contributed by atoms with van der Waals surface area (Å²) < 4.78 is 7.28. The number of hydrogen-bond donors (Lipinski definition) is 3. The molecule has 0 spiro atoms. The number of alkyl carbamates (subject to hydrolysis) is 1. The summed E-state index contributed by atoms with van der Waals surface area (Å²) >= 11 is 16.3. The third-order valence-corrected chi connectivity index (χ3v) is 10.8. The smallest absolute Gasteiger partial charge is 0.407 e. The summed E-state index contributed by atoms with van der Waals surface area (Å²) in [5.74, 6) is -1.06. The molecule has 1 fully saturated rings. The van der Waals surface area contributed by atoms with Gasteiger partial charge in [-0.2, -0.15) is 0 Å². The molecule has 242 valence electrons. The van der Waals surface area contributed by atoms with Gasteiger partial charge >= 0.3 is 12.1 Å². The monoisotopic (exact) mass is 713 g/mol. The highest BCUT2D eigenvalue weighted by atomic mass is 35.5. The fraction of sp³-hybridized carbons (Fsp3) is 0.433. The van der Waals surface area contributed by atoms with Gasteiger partial charge in [0, 0.05) is 51.4 Å². The highest BCUT2D eigenvalue weighted by Crippen LogP contribution is 2.41. The average Bonchev–Trinajstić information content (AvgIpc) is 2.98. The number of nitrogens with zero attached hydrogens (tertiary/aromatic N) is 2. The number of carboxylic acid groups (broad SMARTS) is 1. The molecule has 2 atom stereocenters. The van der Waals surface area contributed by atoms with E-state index in [1.54, 1.807) is 18.2 Å². The lowest BCUT2D eigenvalue weighted by Gasteiger charge is -2.49. The van der Waals surface area contributed by atoms with Gasteiger partial charge in [0.15, 0.2) is 12.4 Å². The predicted octanol–water partition coefficient (Wildman–Crippen LogP) is 5.21. The molecule has 0 bridgehead atoms. The Balaban J connectivity index is 1.24. The number of thioether (sulfide) groups is 3. The number of pyridine rings is 1. The molecule has 45 heavy (non-hydrogen) atoms. The Labute approximate surface area is 285 Å². The topological polar surface area (TPSA) is 129 Å². The van der Waals surface area contributed by atoms with E-state index in [0.717, 1.165) is 24.3 Å². The Bertz CT molecular complexity index is 1470. The van der Waals surface area contributed by atoms with Crippen LogP contribution in [0.3, 0.4) is 0 Å². The number of carbonyl (C=O) groups excluding carboxylic acids is 3. The van der Waals surface area contributed by atoms with Crippen molar-refractivity contribution in [2.45, 2.75) is 67.0 Å². The van der Waals surface area contributed by atoms with E-state index in [9.17, 15) is 24.3 Å². The van der Waals surface area contributed by atoms with Crippen molar-refractivity contribution in [2.24, 2.45) is 0 Å². The predicted molar refractivity (Wildman–Crippen MR) is 178 cm³/mol. The number of halogens is 2. The maximum absolute atomic E-state index is 13.0. The number of amides is 3. The van der Waals surface area contributed by atoms with Crippen LogP contribution in [0, 0.1) is 0 Å². The lowest BCUT2D eigenvalue weighted by atomic mass is 10.0. The molecule has 3 heterocycles. The molecule has 2 aliphatic rings. The molecule has 1 aromatic carbocycles. The number of β-lactam (4-membered cyclic amide) rings is 1. The Kier molecular flexibility index (Phi) is 12.4. The number of aliphatic carboxylic acids is 1. The molecule has 0 radical (unpaired) electrons. The van der Waals surface area contributed by atoms with E-state index in [4.69, 9.17) is 27.9 Å². The first-order valence-electron chi connectivity index (χ1n) is 14.2. The van der Waals surface area contributed by atoms with Crippen molar-refractivity contribution in [3.8, 4) is 0 Å². The molecule has 1 saturated heterocycles. The molecule has 0 saturated carbocycles. The van der Waals surface area contributed by atoms with Gasteiger partial charge in [-0.3, -0.25) is 14.5 Å². The largest absolute Gasteiger partial charge is 0.477 e. The maximum atomic E-state index is 13.0. The van der Waals surface area contributed by atoms with Gasteiger partial charge in [0.1, 0.15) is 29.3 Å². The highest BCUT2D eigenvalue weighted by molar-refractivity contribution is 8.01. The van der Waals surface area contributed by atoms with Crippen LogP contribution < -0.4 is 15.2 Å². The zero-order chi connectivity index (χ0) is 32.7. The summed E-state index contributed by atoms with van der Waals surface area (Å²) in [5.41, 5.74) is 0.132. The van der Waals surface area contributed by atoms with Crippen LogP contribution in [-0.2, 0) is 25.7 Å². The summed E-state index contributed by atoms with van der Waals surface area (Å²) in [5, 5.41) is 16.0. The van der Waals surface area contributed by atoms with Crippen LogP contribution >= 0.6 is 58.5 Å². The normalized spacial score (nSPS) is 17.8. The van der Waals surface area contributed by atoms with Gasteiger partial charge in [-0.25, -0.2) is 14.2 Å². The van der Waals surface area contributed by atoms with Crippen molar-refractivity contribution < 1.29 is 33.6 Å². The molecule has 4 rings (SSSR count). The molecule has 1 aromatic heterocycles. The number of ether oxygens (including phenoxy) is 1. The minimum Gasteiger partial charge on any atom is -0.477 e. The molecule has 2 aliphatic heterocycles. The Morgan fingerprint density at radius 1 is 1.13 bits per heavy atom. The van der Waals surface area contributed by atoms with Crippen molar-refractivity contribution in [2.75, 3.05) is 23.8 Å². The van der Waals surface area contributed by atoms with Crippen molar-refractivity contribution in [3.63, 3.8) is 0 Å². The molecule has 0 unspecified atom stereocenters. The number of unbranched alkanes of at least 4 members (excludes halogenated alkanes) is 1. The van der Waals surface area contributed by atoms with Gasteiger partial charge in [-0.05, 0) is 51.0 Å². The quantitative estimate of drug-likeness (QED) is 0.111. The lowest BCUT2D eigenvalue weighted by Crippen LogP contribution is -2.70. The van der Waals surface area contributed by atoms with Crippen LogP contribution in [0.5, 0.6) is 0 Å². The van der Waals surface area contributed by atoms with Gasteiger partial charge in [0.2, 0.25) is 5.91 Å². The average molecular weight is 715 g/mol. The van der Waals surface area contributed by atoms with Crippen LogP contribution in [0.15, 0.2) is 63.8 Å². The van der Waals surface area contributed by atoms with Crippen LogP contribution in [0.4, 0.5) is 4.79 Å². The summed E-state index contributed by atoms with van der Waals surface area (Å²) in [6.07, 6.45) is 5.20. The van der Waals surface area contributed by atoms with Crippen molar-refractivity contribution >= 4 is 82.4 Å². The number of fused-ring (bicyclic) bond motifs is 1. The number of carboxylic acids is 1. The summed E-state index contributed by atoms with van der Waals surface area (Å²) in [6, 6.07) is 8.13. The Morgan fingerprint density at radius 2 is 1.87 bits per heavy atom. The number of rotatable bonds is 13. The van der Waals surface area contributed by atoms with E-state index < -0.39 is 35.0 Å². The number of nitrogens with one attached hydrogen (secondary N) is 2. The zero-order valence-corrected chi connectivity index (χ0v) is 29.0. The first-order chi connectivity index (χ1) is 21.3. The molecular weight excluding hydrogens is 679 g/mol. The molecule has 2 aromatic rings. The first-order valence-corrected chi connectivity index (χ1v) is 18.0. The van der Waals surface area contributed by atoms with E-state index in [-0.39, 0.29) is 17.4 Å². The lowest BCUT2D eigenvalue weighted by molar-refractivity contribution is -0.697. The third kappa shape index (κ3) is 9.95. The van der Waals surface area contributed by atoms with Crippen molar-refractivity contribution in [3.05, 3.63) is 64.0 Å². The standard InChI is InChI=1S/C30H34Cl2N4O6S3/c1-30(2,3)42-29(41)33-10-4-5-11-35-12-8-20(9-13-35)43-15-18-16-45-27-24(26(38)36(27)25(18)28(39)40)34-23(37)17-44-22-14-19(31)6-7-21(22)32/h6-9,12-14,24,27H,4-5,10-11,15-17H2,1-3H3,(H2-,33,34,37,39,40,41)/p+1/t24-,27+/m0/s1. The van der Waals surface area contributed by atoms with E-state index in [2.05, 4.69) is 15.2 Å². The Hall–Kier alpha value is -2.58. The number of benzene rings is 1. The minimum absolute atomic E-state index is 0.00665. The second-order valence-electron chi connectivity index (χ2n) is 11.3. The van der Waals surface area contributed by atoms with E-state index in [1.807, 2.05) is 45.3 Å². The number of aromatic nitrogens is 1. The molecular formula is C30H35Cl2N4O6S3+. The van der Waals surface area contributed by atoms with E-state index in [0.29, 0.717) is 38.6 Å². The number of aryl methyl sites for hydroxylation is 1. The summed E-state index contributed by atoms with van der Waals surface area (Å²) in [4.78, 5) is 52.5. The molecule has 10 nitrogen and oxygen atoms in total. The first kappa shape index (κ1) is 35.3. The van der Waals surface area contributed by atoms with Gasteiger partial charge in [0.05, 0.1) is 10.8 Å². The van der Waals surface area contributed by atoms with Crippen LogP contribution in [0.1, 0.15) is 33.6 Å². The minimum atomic E-state index is -1.16. The van der Waals surface area contributed by atoms with Crippen molar-refractivity contribution in [1.82, 2.24) is 15.5 Å². The fourth-order valence-electron chi connectivity index (χ4n) is 4.52. The highest BCUT2D eigenvalue weighted by Gasteiger charge is 2.54. The van der Waals surface area contributed by atoms with E-state index >= 15 is 0 Å². The second-order valence-corrected chi connectivity index (χ2v) is 15.3. The van der Waals surface area contributed by atoms with Crippen molar-refractivity contribution in [1.29, 1.82) is 0 Å². The maximum Gasteiger partial charge on any atom is 0.407 e. The van der Waals surface area contributed by atoms with Gasteiger partial charge in [0.25, 0.3) is 5.91 Å². The van der Waals surface area contributed by atoms with Crippen LogP contribution in [0.25, 0.3) is 0 Å². The summed E-state index contributed by atoms with van der Waals surface area (Å²) in [7, 11) is 0. The molecule has 3 N–H and O–H groups in total. The molecule has 15 heteroatoms.